The molecule has 0 radical (unpaired) electrons. The quantitative estimate of drug-likeness (QED) is 0.645. The predicted molar refractivity (Wildman–Crippen MR) is 88.6 cm³/mol. The summed E-state index contributed by atoms with van der Waals surface area (Å²) >= 11 is 0. The van der Waals surface area contributed by atoms with Gasteiger partial charge in [-0.15, -0.1) is 0 Å². The largest absolute Gasteiger partial charge is 0.479 e. The fourth-order valence-corrected chi connectivity index (χ4v) is 1.80. The molecule has 0 spiro atoms. The number of nitrogens with one attached hydrogen (secondary N) is 2. The molecule has 2 rings (SSSR count). The molecule has 0 saturated carbocycles. The van der Waals surface area contributed by atoms with Gasteiger partial charge in [-0.25, -0.2) is 4.39 Å². The summed E-state index contributed by atoms with van der Waals surface area (Å²) in [6.45, 7) is -0.0364. The number of ether oxygens (including phenoxy) is 1. The lowest BCUT2D eigenvalue weighted by molar-refractivity contribution is -0.117. The first-order valence-electron chi connectivity index (χ1n) is 7.22. The first-order chi connectivity index (χ1) is 12.1. The van der Waals surface area contributed by atoms with Crippen LogP contribution in [-0.2, 0) is 4.79 Å². The number of carbonyl (C=O) groups is 2. The van der Waals surface area contributed by atoms with Gasteiger partial charge in [0.05, 0.1) is 0 Å². The number of hydrogen-bond acceptors (Lipinski definition) is 4. The van der Waals surface area contributed by atoms with E-state index < -0.39 is 17.6 Å². The van der Waals surface area contributed by atoms with Crippen molar-refractivity contribution in [3.05, 3.63) is 71.6 Å². The van der Waals surface area contributed by atoms with Gasteiger partial charge >= 0.3 is 0 Å². The number of benzene rings is 2. The molecule has 2 aromatic carbocycles. The van der Waals surface area contributed by atoms with Gasteiger partial charge in [-0.2, -0.15) is 5.26 Å². The highest BCUT2D eigenvalue weighted by Crippen LogP contribution is 2.12. The van der Waals surface area contributed by atoms with Crippen LogP contribution in [0.25, 0.3) is 6.08 Å². The maximum atomic E-state index is 12.8. The molecule has 126 valence electrons. The zero-order valence-electron chi connectivity index (χ0n) is 13.0. The third-order valence-corrected chi connectivity index (χ3v) is 3.02. The van der Waals surface area contributed by atoms with Crippen LogP contribution in [0.5, 0.6) is 5.75 Å². The van der Waals surface area contributed by atoms with E-state index in [1.807, 2.05) is 6.07 Å². The van der Waals surface area contributed by atoms with Crippen molar-refractivity contribution in [2.75, 3.05) is 6.61 Å². The van der Waals surface area contributed by atoms with Gasteiger partial charge in [-0.3, -0.25) is 20.4 Å². The lowest BCUT2D eigenvalue weighted by Gasteiger charge is -2.05. The van der Waals surface area contributed by atoms with Crippen molar-refractivity contribution in [3.8, 4) is 11.8 Å². The molecule has 0 bridgehead atoms. The maximum absolute atomic E-state index is 12.8. The summed E-state index contributed by atoms with van der Waals surface area (Å²) in [4.78, 5) is 23.4. The molecule has 0 aromatic heterocycles. The van der Waals surface area contributed by atoms with Crippen LogP contribution in [0.3, 0.4) is 0 Å². The molecule has 0 fully saturated rings. The standard InChI is InChI=1S/C18H14FN3O3/c19-15-6-4-14(5-7-15)18(24)22-21-17(23)10-3-13-1-8-16(9-2-13)25-12-11-20/h1-10H,12H2,(H,21,23)(H,22,24)/b10-3+. The maximum Gasteiger partial charge on any atom is 0.269 e. The average Bonchev–Trinajstić information content (AvgIpc) is 2.64. The molecule has 0 unspecified atom stereocenters. The summed E-state index contributed by atoms with van der Waals surface area (Å²) < 4.78 is 17.9. The van der Waals surface area contributed by atoms with Gasteiger partial charge in [-0.1, -0.05) is 12.1 Å². The van der Waals surface area contributed by atoms with E-state index in [1.165, 1.54) is 18.2 Å². The van der Waals surface area contributed by atoms with E-state index in [9.17, 15) is 14.0 Å². The van der Waals surface area contributed by atoms with Gasteiger partial charge in [0.2, 0.25) is 0 Å². The minimum absolute atomic E-state index is 0.0364. The van der Waals surface area contributed by atoms with E-state index in [-0.39, 0.29) is 12.2 Å². The highest BCUT2D eigenvalue weighted by Gasteiger charge is 2.05. The number of carbonyl (C=O) groups excluding carboxylic acids is 2. The number of amides is 2. The Hall–Kier alpha value is -3.66. The third kappa shape index (κ3) is 5.80. The van der Waals surface area contributed by atoms with Crippen LogP contribution < -0.4 is 15.6 Å². The Bertz CT molecular complexity index is 809. The Morgan fingerprint density at radius 3 is 2.40 bits per heavy atom. The van der Waals surface area contributed by atoms with Crippen molar-refractivity contribution in [2.45, 2.75) is 0 Å². The second-order valence-corrected chi connectivity index (χ2v) is 4.80. The fourth-order valence-electron chi connectivity index (χ4n) is 1.80. The zero-order valence-corrected chi connectivity index (χ0v) is 13.0. The molecule has 2 N–H and O–H groups in total. The summed E-state index contributed by atoms with van der Waals surface area (Å²) in [6, 6.07) is 13.6. The molecular formula is C18H14FN3O3. The number of hydrogen-bond donors (Lipinski definition) is 2. The molecule has 0 aliphatic rings. The molecule has 0 saturated heterocycles. The lowest BCUT2D eigenvalue weighted by Crippen LogP contribution is -2.40. The molecule has 0 atom stereocenters. The number of halogens is 1. The van der Waals surface area contributed by atoms with Gasteiger partial charge in [0.1, 0.15) is 17.6 Å². The average molecular weight is 339 g/mol. The second kappa shape index (κ2) is 8.84. The van der Waals surface area contributed by atoms with Gasteiger partial charge < -0.3 is 4.74 Å². The first kappa shape index (κ1) is 17.7. The van der Waals surface area contributed by atoms with Crippen LogP contribution in [0.2, 0.25) is 0 Å². The van der Waals surface area contributed by atoms with Gasteiger partial charge in [0.25, 0.3) is 11.8 Å². The van der Waals surface area contributed by atoms with Crippen LogP contribution in [-0.4, -0.2) is 18.4 Å². The molecule has 0 aliphatic heterocycles. The lowest BCUT2D eigenvalue weighted by atomic mass is 10.2. The van der Waals surface area contributed by atoms with Gasteiger partial charge in [-0.05, 0) is 48.0 Å². The normalized spacial score (nSPS) is 10.1. The summed E-state index contributed by atoms with van der Waals surface area (Å²) in [5.74, 6) is -0.983. The molecule has 2 aromatic rings. The Kier molecular flexibility index (Phi) is 6.25. The van der Waals surface area contributed by atoms with Crippen molar-refractivity contribution in [2.24, 2.45) is 0 Å². The van der Waals surface area contributed by atoms with E-state index in [0.29, 0.717) is 5.75 Å². The molecule has 7 heteroatoms. The second-order valence-electron chi connectivity index (χ2n) is 4.80. The van der Waals surface area contributed by atoms with Gasteiger partial charge in [0.15, 0.2) is 6.61 Å². The fraction of sp³-hybridized carbons (Fsp3) is 0.0556. The topological polar surface area (TPSA) is 91.2 Å². The number of nitrogens with zero attached hydrogens (tertiary/aromatic N) is 1. The molecule has 0 heterocycles. The minimum Gasteiger partial charge on any atom is -0.479 e. The number of hydrazine groups is 1. The predicted octanol–water partition coefficient (Wildman–Crippen LogP) is 2.20. The molecule has 0 aliphatic carbocycles. The highest BCUT2D eigenvalue weighted by molar-refractivity contribution is 5.97. The highest BCUT2D eigenvalue weighted by atomic mass is 19.1. The third-order valence-electron chi connectivity index (χ3n) is 3.02. The van der Waals surface area contributed by atoms with E-state index in [2.05, 4.69) is 10.9 Å². The van der Waals surface area contributed by atoms with Gasteiger partial charge in [0, 0.05) is 11.6 Å². The summed E-state index contributed by atoms with van der Waals surface area (Å²) in [7, 11) is 0. The monoisotopic (exact) mass is 339 g/mol. The van der Waals surface area contributed by atoms with Crippen molar-refractivity contribution in [1.29, 1.82) is 5.26 Å². The molecule has 2 amide bonds. The van der Waals surface area contributed by atoms with Crippen LogP contribution in [0.1, 0.15) is 15.9 Å². The van der Waals surface area contributed by atoms with E-state index in [0.717, 1.165) is 17.7 Å². The van der Waals surface area contributed by atoms with E-state index in [1.54, 1.807) is 30.3 Å². The van der Waals surface area contributed by atoms with Crippen LogP contribution in [0, 0.1) is 17.1 Å². The summed E-state index contributed by atoms with van der Waals surface area (Å²) in [5, 5.41) is 8.42. The van der Waals surface area contributed by atoms with Crippen LogP contribution in [0.15, 0.2) is 54.6 Å². The minimum atomic E-state index is -0.555. The Morgan fingerprint density at radius 2 is 1.76 bits per heavy atom. The SMILES string of the molecule is N#CCOc1ccc(/C=C/C(=O)NNC(=O)c2ccc(F)cc2)cc1. The first-order valence-corrected chi connectivity index (χ1v) is 7.22. The van der Waals surface area contributed by atoms with E-state index in [4.69, 9.17) is 10.00 Å². The molecule has 6 nitrogen and oxygen atoms in total. The number of nitriles is 1. The summed E-state index contributed by atoms with van der Waals surface area (Å²) in [5.41, 5.74) is 5.41. The molecular weight excluding hydrogens is 325 g/mol. The summed E-state index contributed by atoms with van der Waals surface area (Å²) in [6.07, 6.45) is 2.80. The van der Waals surface area contributed by atoms with E-state index >= 15 is 0 Å². The number of rotatable bonds is 5. The Balaban J connectivity index is 1.83. The zero-order chi connectivity index (χ0) is 18.1. The van der Waals surface area contributed by atoms with Crippen molar-refractivity contribution in [1.82, 2.24) is 10.9 Å². The van der Waals surface area contributed by atoms with Crippen molar-refractivity contribution in [3.63, 3.8) is 0 Å². The van der Waals surface area contributed by atoms with Crippen LogP contribution >= 0.6 is 0 Å². The van der Waals surface area contributed by atoms with Crippen molar-refractivity contribution >= 4 is 17.9 Å². The smallest absolute Gasteiger partial charge is 0.269 e. The van der Waals surface area contributed by atoms with Crippen molar-refractivity contribution < 1.29 is 18.7 Å². The van der Waals surface area contributed by atoms with Crippen LogP contribution in [0.4, 0.5) is 4.39 Å². The molecule has 25 heavy (non-hydrogen) atoms. The Morgan fingerprint density at radius 1 is 1.08 bits per heavy atom. The Labute approximate surface area is 143 Å².